The first-order valence-electron chi connectivity index (χ1n) is 11.3. The van der Waals surface area contributed by atoms with Crippen molar-refractivity contribution in [2.24, 2.45) is 4.99 Å². The van der Waals surface area contributed by atoms with Crippen molar-refractivity contribution < 1.29 is 9.59 Å². The van der Waals surface area contributed by atoms with Crippen LogP contribution < -0.4 is 5.32 Å². The second-order valence-electron chi connectivity index (χ2n) is 7.86. The van der Waals surface area contributed by atoms with Crippen LogP contribution >= 0.6 is 0 Å². The van der Waals surface area contributed by atoms with Gasteiger partial charge in [0.2, 0.25) is 0 Å². The van der Waals surface area contributed by atoms with Crippen molar-refractivity contribution in [2.45, 2.75) is 46.1 Å². The zero-order valence-corrected chi connectivity index (χ0v) is 18.6. The van der Waals surface area contributed by atoms with Gasteiger partial charge < -0.3 is 10.2 Å². The number of carbonyl (C=O) groups excluding carboxylic acids is 2. The SMILES string of the molecule is CCNC(=NCCCCN1C(=O)c2ccccc2C1=O)N1CCC(N(CC)CC)C1. The molecule has 1 unspecified atom stereocenters. The smallest absolute Gasteiger partial charge is 0.261 e. The molecule has 1 aromatic rings. The lowest BCUT2D eigenvalue weighted by Crippen LogP contribution is -2.43. The highest BCUT2D eigenvalue weighted by Gasteiger charge is 2.34. The van der Waals surface area contributed by atoms with Crippen LogP contribution in [0.3, 0.4) is 0 Å². The topological polar surface area (TPSA) is 68.2 Å². The van der Waals surface area contributed by atoms with Gasteiger partial charge in [0.25, 0.3) is 11.8 Å². The predicted molar refractivity (Wildman–Crippen MR) is 120 cm³/mol. The van der Waals surface area contributed by atoms with Crippen molar-refractivity contribution in [3.05, 3.63) is 35.4 Å². The Hall–Kier alpha value is -2.41. The maximum absolute atomic E-state index is 12.4. The Kier molecular flexibility index (Phi) is 7.85. The Morgan fingerprint density at radius 2 is 1.77 bits per heavy atom. The van der Waals surface area contributed by atoms with Crippen LogP contribution in [0.4, 0.5) is 0 Å². The van der Waals surface area contributed by atoms with E-state index in [-0.39, 0.29) is 11.8 Å². The van der Waals surface area contributed by atoms with Crippen LogP contribution in [0.25, 0.3) is 0 Å². The van der Waals surface area contributed by atoms with Crippen LogP contribution in [0, 0.1) is 0 Å². The molecule has 30 heavy (non-hydrogen) atoms. The van der Waals surface area contributed by atoms with E-state index in [1.54, 1.807) is 24.3 Å². The molecule has 2 heterocycles. The molecule has 1 fully saturated rings. The molecule has 7 heteroatoms. The largest absolute Gasteiger partial charge is 0.357 e. The van der Waals surface area contributed by atoms with Gasteiger partial charge >= 0.3 is 0 Å². The fourth-order valence-electron chi connectivity index (χ4n) is 4.41. The van der Waals surface area contributed by atoms with Gasteiger partial charge in [-0.15, -0.1) is 0 Å². The van der Waals surface area contributed by atoms with E-state index in [0.717, 1.165) is 51.5 Å². The highest BCUT2D eigenvalue weighted by molar-refractivity contribution is 6.21. The minimum Gasteiger partial charge on any atom is -0.357 e. The van der Waals surface area contributed by atoms with E-state index < -0.39 is 0 Å². The second kappa shape index (κ2) is 10.6. The van der Waals surface area contributed by atoms with Gasteiger partial charge in [0.05, 0.1) is 11.1 Å². The van der Waals surface area contributed by atoms with Crippen LogP contribution in [-0.2, 0) is 0 Å². The molecule has 164 valence electrons. The Morgan fingerprint density at radius 1 is 1.10 bits per heavy atom. The lowest BCUT2D eigenvalue weighted by Gasteiger charge is -2.27. The molecule has 2 aliphatic heterocycles. The van der Waals surface area contributed by atoms with Crippen molar-refractivity contribution in [2.75, 3.05) is 45.8 Å². The van der Waals surface area contributed by atoms with Crippen molar-refractivity contribution >= 4 is 17.8 Å². The minimum atomic E-state index is -0.174. The number of hydrogen-bond acceptors (Lipinski definition) is 4. The average molecular weight is 414 g/mol. The van der Waals surface area contributed by atoms with Gasteiger partial charge in [-0.1, -0.05) is 26.0 Å². The number of aliphatic imine (C=N–C) groups is 1. The first-order valence-corrected chi connectivity index (χ1v) is 11.3. The molecule has 0 saturated carbocycles. The normalized spacial score (nSPS) is 19.2. The monoisotopic (exact) mass is 413 g/mol. The number of imide groups is 1. The number of nitrogens with zero attached hydrogens (tertiary/aromatic N) is 4. The molecule has 1 aromatic carbocycles. The van der Waals surface area contributed by atoms with Gasteiger partial charge in [-0.2, -0.15) is 0 Å². The molecule has 7 nitrogen and oxygen atoms in total. The fourth-order valence-corrected chi connectivity index (χ4v) is 4.41. The van der Waals surface area contributed by atoms with E-state index in [2.05, 4.69) is 35.9 Å². The third-order valence-corrected chi connectivity index (χ3v) is 6.06. The van der Waals surface area contributed by atoms with Crippen molar-refractivity contribution in [3.8, 4) is 0 Å². The summed E-state index contributed by atoms with van der Waals surface area (Å²) in [6, 6.07) is 7.65. The molecule has 0 aliphatic carbocycles. The summed E-state index contributed by atoms with van der Waals surface area (Å²) in [5.41, 5.74) is 1.04. The first-order chi connectivity index (χ1) is 14.6. The molecule has 1 N–H and O–H groups in total. The third-order valence-electron chi connectivity index (χ3n) is 6.06. The summed E-state index contributed by atoms with van der Waals surface area (Å²) < 4.78 is 0. The molecule has 2 amide bonds. The van der Waals surface area contributed by atoms with Gasteiger partial charge in [0.15, 0.2) is 5.96 Å². The lowest BCUT2D eigenvalue weighted by molar-refractivity contribution is 0.0652. The maximum atomic E-state index is 12.4. The molecule has 0 spiro atoms. The van der Waals surface area contributed by atoms with Gasteiger partial charge in [-0.25, -0.2) is 0 Å². The number of guanidine groups is 1. The molecule has 1 atom stereocenters. The lowest BCUT2D eigenvalue weighted by atomic mass is 10.1. The Labute approximate surface area is 180 Å². The summed E-state index contributed by atoms with van der Waals surface area (Å²) in [6.45, 7) is 12.7. The van der Waals surface area contributed by atoms with Crippen LogP contribution in [0.1, 0.15) is 60.7 Å². The number of likely N-dealkylation sites (N-methyl/N-ethyl adjacent to an activating group) is 1. The Bertz CT molecular complexity index is 740. The summed E-state index contributed by atoms with van der Waals surface area (Å²) in [7, 11) is 0. The molecule has 0 bridgehead atoms. The highest BCUT2D eigenvalue weighted by Crippen LogP contribution is 2.22. The predicted octanol–water partition coefficient (Wildman–Crippen LogP) is 2.44. The second-order valence-corrected chi connectivity index (χ2v) is 7.86. The fraction of sp³-hybridized carbons (Fsp3) is 0.609. The number of rotatable bonds is 9. The number of fused-ring (bicyclic) bond motifs is 1. The van der Waals surface area contributed by atoms with E-state index in [4.69, 9.17) is 4.99 Å². The van der Waals surface area contributed by atoms with E-state index in [9.17, 15) is 9.59 Å². The van der Waals surface area contributed by atoms with Gasteiger partial charge in [-0.05, 0) is 51.4 Å². The van der Waals surface area contributed by atoms with Crippen LogP contribution in [0.5, 0.6) is 0 Å². The molecule has 0 aromatic heterocycles. The van der Waals surface area contributed by atoms with E-state index >= 15 is 0 Å². The van der Waals surface area contributed by atoms with Crippen LogP contribution in [-0.4, -0.2) is 84.3 Å². The average Bonchev–Trinajstić information content (AvgIpc) is 3.33. The third kappa shape index (κ3) is 4.83. The number of nitrogens with one attached hydrogen (secondary N) is 1. The number of benzene rings is 1. The van der Waals surface area contributed by atoms with Crippen LogP contribution in [0.15, 0.2) is 29.3 Å². The molecular weight excluding hydrogens is 378 g/mol. The number of unbranched alkanes of at least 4 members (excludes halogenated alkanes) is 1. The van der Waals surface area contributed by atoms with Gasteiger partial charge in [-0.3, -0.25) is 24.4 Å². The summed E-state index contributed by atoms with van der Waals surface area (Å²) in [4.78, 5) is 35.9. The summed E-state index contributed by atoms with van der Waals surface area (Å²) in [5, 5.41) is 3.42. The van der Waals surface area contributed by atoms with Crippen molar-refractivity contribution in [1.82, 2.24) is 20.0 Å². The molecular formula is C23H35N5O2. The number of hydrogen-bond donors (Lipinski definition) is 1. The maximum Gasteiger partial charge on any atom is 0.261 e. The number of carbonyl (C=O) groups is 2. The quantitative estimate of drug-likeness (QED) is 0.291. The molecule has 2 aliphatic rings. The van der Waals surface area contributed by atoms with E-state index in [1.165, 1.54) is 11.3 Å². The van der Waals surface area contributed by atoms with Crippen LogP contribution in [0.2, 0.25) is 0 Å². The van der Waals surface area contributed by atoms with Gasteiger partial charge in [0, 0.05) is 38.8 Å². The Balaban J connectivity index is 1.48. The minimum absolute atomic E-state index is 0.174. The Morgan fingerprint density at radius 3 is 2.37 bits per heavy atom. The van der Waals surface area contributed by atoms with E-state index in [1.807, 2.05) is 0 Å². The molecule has 1 saturated heterocycles. The van der Waals surface area contributed by atoms with Gasteiger partial charge in [0.1, 0.15) is 0 Å². The zero-order chi connectivity index (χ0) is 21.5. The first kappa shape index (κ1) is 22.3. The van der Waals surface area contributed by atoms with Crippen molar-refractivity contribution in [3.63, 3.8) is 0 Å². The number of likely N-dealkylation sites (tertiary alicyclic amines) is 1. The summed E-state index contributed by atoms with van der Waals surface area (Å²) in [5.74, 6) is 0.631. The molecule has 0 radical (unpaired) electrons. The van der Waals surface area contributed by atoms with Crippen molar-refractivity contribution in [1.29, 1.82) is 0 Å². The zero-order valence-electron chi connectivity index (χ0n) is 18.6. The summed E-state index contributed by atoms with van der Waals surface area (Å²) >= 11 is 0. The number of amides is 2. The summed E-state index contributed by atoms with van der Waals surface area (Å²) in [6.07, 6.45) is 2.78. The highest BCUT2D eigenvalue weighted by atomic mass is 16.2. The van der Waals surface area contributed by atoms with E-state index in [0.29, 0.717) is 30.3 Å². The standard InChI is InChI=1S/C23H35N5O2/c1-4-24-23(27-16-13-18(17-27)26(5-2)6-3)25-14-9-10-15-28-21(29)19-11-7-8-12-20(19)22(28)30/h7-8,11-12,18H,4-6,9-10,13-17H2,1-3H3,(H,24,25). The molecule has 3 rings (SSSR count).